The van der Waals surface area contributed by atoms with Gasteiger partial charge < -0.3 is 14.4 Å². The van der Waals surface area contributed by atoms with E-state index in [1.54, 1.807) is 37.5 Å². The van der Waals surface area contributed by atoms with Crippen molar-refractivity contribution in [3.63, 3.8) is 0 Å². The van der Waals surface area contributed by atoms with E-state index in [1.807, 2.05) is 0 Å². The maximum Gasteiger partial charge on any atom is 0.336 e. The molecule has 2 aromatic carbocycles. The lowest BCUT2D eigenvalue weighted by Gasteiger charge is -2.36. The molecule has 1 aliphatic heterocycles. The zero-order valence-corrected chi connectivity index (χ0v) is 17.1. The second-order valence-corrected chi connectivity index (χ2v) is 7.25. The fourth-order valence-corrected chi connectivity index (χ4v) is 4.38. The normalized spacial score (nSPS) is 18.0. The Hall–Kier alpha value is -2.67. The van der Waals surface area contributed by atoms with Crippen LogP contribution in [0.15, 0.2) is 53.5 Å². The van der Waals surface area contributed by atoms with Crippen LogP contribution in [-0.2, 0) is 21.6 Å². The van der Waals surface area contributed by atoms with E-state index in [0.29, 0.717) is 15.8 Å². The minimum absolute atomic E-state index is 0.124. The van der Waals surface area contributed by atoms with Crippen LogP contribution < -0.4 is 4.74 Å². The summed E-state index contributed by atoms with van der Waals surface area (Å²) < 4.78 is 24.6. The summed E-state index contributed by atoms with van der Waals surface area (Å²) in [5, 5.41) is 0. The molecule has 3 rings (SSSR count). The van der Waals surface area contributed by atoms with Gasteiger partial charge in [0, 0.05) is 28.6 Å². The van der Waals surface area contributed by atoms with Crippen molar-refractivity contribution in [1.29, 1.82) is 0 Å². The summed E-state index contributed by atoms with van der Waals surface area (Å²) in [5.74, 6) is -0.948. The predicted molar refractivity (Wildman–Crippen MR) is 105 cm³/mol. The lowest BCUT2D eigenvalue weighted by Crippen LogP contribution is -2.49. The van der Waals surface area contributed by atoms with E-state index in [0.717, 1.165) is 11.6 Å². The van der Waals surface area contributed by atoms with Crippen LogP contribution >= 0.6 is 15.9 Å². The quantitative estimate of drug-likeness (QED) is 0.491. The zero-order valence-electron chi connectivity index (χ0n) is 15.5. The van der Waals surface area contributed by atoms with Crippen LogP contribution in [0.25, 0.3) is 0 Å². The van der Waals surface area contributed by atoms with E-state index >= 15 is 0 Å². The molecule has 1 amide bonds. The van der Waals surface area contributed by atoms with Gasteiger partial charge in [0.15, 0.2) is 5.54 Å². The topological polar surface area (TPSA) is 55.8 Å². The number of nitrogens with zero attached hydrogens (tertiary/aromatic N) is 1. The lowest BCUT2D eigenvalue weighted by molar-refractivity contribution is -0.154. The maximum atomic E-state index is 14.0. The molecule has 146 valence electrons. The molecule has 0 spiro atoms. The average Bonchev–Trinajstić information content (AvgIpc) is 2.91. The van der Waals surface area contributed by atoms with Gasteiger partial charge in [-0.1, -0.05) is 34.1 Å². The molecule has 1 heterocycles. The van der Waals surface area contributed by atoms with Gasteiger partial charge in [0.05, 0.1) is 14.2 Å². The number of esters is 1. The van der Waals surface area contributed by atoms with E-state index in [2.05, 4.69) is 22.5 Å². The van der Waals surface area contributed by atoms with Crippen molar-refractivity contribution in [2.75, 3.05) is 14.2 Å². The number of halogens is 2. The number of ether oxygens (including phenoxy) is 2. The predicted octanol–water partition coefficient (Wildman–Crippen LogP) is 4.20. The first-order valence-corrected chi connectivity index (χ1v) is 9.32. The first-order chi connectivity index (χ1) is 13.4. The maximum absolute atomic E-state index is 14.0. The zero-order chi connectivity index (χ0) is 20.5. The minimum Gasteiger partial charge on any atom is -0.497 e. The standard InChI is InChI=1S/C21H19BrFNO4/c1-4-9-21(20(26)28-3)18-16(10-14(23)11-17(18)22)19(25)24(21)12-13-5-7-15(27-2)8-6-13/h4-8,10-11H,1,9,12H2,2-3H3/t21-/m1/s1. The van der Waals surface area contributed by atoms with Crippen molar-refractivity contribution in [3.8, 4) is 5.75 Å². The highest BCUT2D eigenvalue weighted by Gasteiger charge is 2.56. The highest BCUT2D eigenvalue weighted by Crippen LogP contribution is 2.47. The van der Waals surface area contributed by atoms with Crippen LogP contribution in [0.2, 0.25) is 0 Å². The Kier molecular flexibility index (Phi) is 5.56. The number of hydrogen-bond donors (Lipinski definition) is 0. The van der Waals surface area contributed by atoms with Crippen molar-refractivity contribution in [2.24, 2.45) is 0 Å². The highest BCUT2D eigenvalue weighted by molar-refractivity contribution is 9.10. The molecular formula is C21H19BrFNO4. The van der Waals surface area contributed by atoms with Crippen LogP contribution in [0.3, 0.4) is 0 Å². The van der Waals surface area contributed by atoms with Crippen LogP contribution in [0.4, 0.5) is 4.39 Å². The summed E-state index contributed by atoms with van der Waals surface area (Å²) in [6, 6.07) is 9.54. The molecule has 0 N–H and O–H groups in total. The molecule has 28 heavy (non-hydrogen) atoms. The van der Waals surface area contributed by atoms with Gasteiger partial charge >= 0.3 is 5.97 Å². The molecule has 0 bridgehead atoms. The van der Waals surface area contributed by atoms with Gasteiger partial charge in [-0.15, -0.1) is 6.58 Å². The van der Waals surface area contributed by atoms with Crippen LogP contribution in [0.5, 0.6) is 5.75 Å². The van der Waals surface area contributed by atoms with E-state index in [9.17, 15) is 14.0 Å². The Morgan fingerprint density at radius 1 is 1.29 bits per heavy atom. The summed E-state index contributed by atoms with van der Waals surface area (Å²) >= 11 is 3.32. The molecule has 0 aliphatic carbocycles. The first-order valence-electron chi connectivity index (χ1n) is 8.52. The Morgan fingerprint density at radius 3 is 2.54 bits per heavy atom. The lowest BCUT2D eigenvalue weighted by atomic mass is 9.86. The summed E-state index contributed by atoms with van der Waals surface area (Å²) in [6.45, 7) is 3.88. The van der Waals surface area contributed by atoms with E-state index < -0.39 is 23.2 Å². The largest absolute Gasteiger partial charge is 0.497 e. The fraction of sp³-hybridized carbons (Fsp3) is 0.238. The first kappa shape index (κ1) is 20.1. The number of fused-ring (bicyclic) bond motifs is 1. The monoisotopic (exact) mass is 447 g/mol. The number of amides is 1. The molecule has 7 heteroatoms. The average molecular weight is 448 g/mol. The summed E-state index contributed by atoms with van der Waals surface area (Å²) in [5.41, 5.74) is -0.127. The third kappa shape index (κ3) is 3.09. The van der Waals surface area contributed by atoms with Gasteiger partial charge in [-0.05, 0) is 29.8 Å². The van der Waals surface area contributed by atoms with Gasteiger partial charge in [0.2, 0.25) is 0 Å². The highest BCUT2D eigenvalue weighted by atomic mass is 79.9. The van der Waals surface area contributed by atoms with Crippen molar-refractivity contribution in [1.82, 2.24) is 4.90 Å². The summed E-state index contributed by atoms with van der Waals surface area (Å²) in [6.07, 6.45) is 1.68. The Labute approximate surface area is 170 Å². The molecule has 0 saturated carbocycles. The number of methoxy groups -OCH3 is 2. The van der Waals surface area contributed by atoms with Crippen LogP contribution in [0, 0.1) is 5.82 Å². The molecule has 0 unspecified atom stereocenters. The minimum atomic E-state index is -1.44. The Balaban J connectivity index is 2.18. The van der Waals surface area contributed by atoms with Gasteiger partial charge in [0.1, 0.15) is 11.6 Å². The molecule has 0 radical (unpaired) electrons. The SMILES string of the molecule is C=CC[C@]1(C(=O)OC)c2c(Br)cc(F)cc2C(=O)N1Cc1ccc(OC)cc1. The second-order valence-electron chi connectivity index (χ2n) is 6.39. The van der Waals surface area contributed by atoms with Crippen molar-refractivity contribution >= 4 is 27.8 Å². The smallest absolute Gasteiger partial charge is 0.336 e. The molecule has 2 aromatic rings. The number of carbonyl (C=O) groups excluding carboxylic acids is 2. The number of hydrogen-bond acceptors (Lipinski definition) is 4. The number of rotatable bonds is 6. The summed E-state index contributed by atoms with van der Waals surface area (Å²) in [7, 11) is 2.83. The van der Waals surface area contributed by atoms with E-state index in [4.69, 9.17) is 9.47 Å². The van der Waals surface area contributed by atoms with Crippen molar-refractivity contribution in [3.05, 3.63) is 76.0 Å². The Bertz CT molecular complexity index is 944. The van der Waals surface area contributed by atoms with Gasteiger partial charge in [-0.3, -0.25) is 4.79 Å². The van der Waals surface area contributed by atoms with E-state index in [-0.39, 0.29) is 18.5 Å². The van der Waals surface area contributed by atoms with E-state index in [1.165, 1.54) is 18.1 Å². The van der Waals surface area contributed by atoms with Crippen LogP contribution in [0.1, 0.15) is 27.9 Å². The third-order valence-corrected chi connectivity index (χ3v) is 5.49. The Morgan fingerprint density at radius 2 is 1.96 bits per heavy atom. The number of carbonyl (C=O) groups is 2. The van der Waals surface area contributed by atoms with Gasteiger partial charge in [-0.2, -0.15) is 0 Å². The second kappa shape index (κ2) is 7.75. The van der Waals surface area contributed by atoms with Crippen LogP contribution in [-0.4, -0.2) is 31.0 Å². The van der Waals surface area contributed by atoms with Crippen molar-refractivity contribution in [2.45, 2.75) is 18.5 Å². The molecule has 0 saturated heterocycles. The molecule has 0 fully saturated rings. The molecule has 1 atom stereocenters. The third-order valence-electron chi connectivity index (χ3n) is 4.87. The summed E-state index contributed by atoms with van der Waals surface area (Å²) in [4.78, 5) is 27.6. The number of benzene rings is 2. The molecular weight excluding hydrogens is 429 g/mol. The van der Waals surface area contributed by atoms with Gasteiger partial charge in [-0.25, -0.2) is 9.18 Å². The molecule has 1 aliphatic rings. The van der Waals surface area contributed by atoms with Gasteiger partial charge in [0.25, 0.3) is 5.91 Å². The molecule has 0 aromatic heterocycles. The fourth-order valence-electron chi connectivity index (χ4n) is 3.62. The van der Waals surface area contributed by atoms with Crippen molar-refractivity contribution < 1.29 is 23.5 Å². The molecule has 5 nitrogen and oxygen atoms in total.